The van der Waals surface area contributed by atoms with Gasteiger partial charge in [-0.15, -0.1) is 0 Å². The van der Waals surface area contributed by atoms with E-state index in [2.05, 4.69) is 14.8 Å². The number of esters is 1. The molecule has 22 heavy (non-hydrogen) atoms. The van der Waals surface area contributed by atoms with E-state index in [0.717, 1.165) is 32.2 Å². The highest BCUT2D eigenvalue weighted by atomic mass is 19.4. The van der Waals surface area contributed by atoms with Gasteiger partial charge in [0.15, 0.2) is 0 Å². The highest BCUT2D eigenvalue weighted by molar-refractivity contribution is 5.96. The molecule has 0 aliphatic heterocycles. The Morgan fingerprint density at radius 1 is 1.32 bits per heavy atom. The summed E-state index contributed by atoms with van der Waals surface area (Å²) in [6.07, 6.45) is -6.03. The van der Waals surface area contributed by atoms with Crippen molar-refractivity contribution >= 4 is 17.6 Å². The van der Waals surface area contributed by atoms with Crippen LogP contribution < -0.4 is 5.32 Å². The summed E-state index contributed by atoms with van der Waals surface area (Å²) in [5.41, 5.74) is -0.390. The molecule has 0 saturated heterocycles. The smallest absolute Gasteiger partial charge is 0.411 e. The van der Waals surface area contributed by atoms with E-state index in [1.807, 2.05) is 0 Å². The standard InChI is InChI=1S/C13H13F4NO4/c1-7(22-6-13(15,16)17)11(19)18-10-5-8(12(20)21-2)3-4-9(10)14/h3-5,7H,6H2,1-2H3,(H,18,19)/t7-/m0/s1. The molecule has 1 atom stereocenters. The van der Waals surface area contributed by atoms with Crippen molar-refractivity contribution in [2.24, 2.45) is 0 Å². The number of halogens is 4. The van der Waals surface area contributed by atoms with Gasteiger partial charge in [0.05, 0.1) is 18.4 Å². The van der Waals surface area contributed by atoms with Crippen molar-refractivity contribution in [3.63, 3.8) is 0 Å². The Labute approximate surface area is 123 Å². The molecular weight excluding hydrogens is 310 g/mol. The maximum Gasteiger partial charge on any atom is 0.411 e. The number of carbonyl (C=O) groups is 2. The zero-order valence-corrected chi connectivity index (χ0v) is 11.7. The van der Waals surface area contributed by atoms with E-state index in [9.17, 15) is 27.2 Å². The van der Waals surface area contributed by atoms with Gasteiger partial charge in [-0.3, -0.25) is 4.79 Å². The predicted molar refractivity (Wildman–Crippen MR) is 67.8 cm³/mol. The number of benzene rings is 1. The van der Waals surface area contributed by atoms with Crippen LogP contribution in [0.25, 0.3) is 0 Å². The fraction of sp³-hybridized carbons (Fsp3) is 0.385. The van der Waals surface area contributed by atoms with Crippen LogP contribution in [0.2, 0.25) is 0 Å². The quantitative estimate of drug-likeness (QED) is 0.668. The van der Waals surface area contributed by atoms with Gasteiger partial charge in [-0.05, 0) is 25.1 Å². The fourth-order valence-electron chi connectivity index (χ4n) is 1.40. The zero-order chi connectivity index (χ0) is 16.9. The second-order valence-corrected chi connectivity index (χ2v) is 4.24. The monoisotopic (exact) mass is 323 g/mol. The molecule has 0 saturated carbocycles. The second kappa shape index (κ2) is 7.21. The fourth-order valence-corrected chi connectivity index (χ4v) is 1.40. The van der Waals surface area contributed by atoms with E-state index in [4.69, 9.17) is 0 Å². The van der Waals surface area contributed by atoms with E-state index in [1.54, 1.807) is 0 Å². The number of alkyl halides is 3. The van der Waals surface area contributed by atoms with Crippen LogP contribution in [0.3, 0.4) is 0 Å². The Bertz CT molecular complexity index is 559. The summed E-state index contributed by atoms with van der Waals surface area (Å²) in [4.78, 5) is 22.9. The van der Waals surface area contributed by atoms with Gasteiger partial charge in [-0.2, -0.15) is 13.2 Å². The summed E-state index contributed by atoms with van der Waals surface area (Å²) >= 11 is 0. The Hall–Kier alpha value is -2.16. The molecule has 0 spiro atoms. The van der Waals surface area contributed by atoms with Gasteiger partial charge < -0.3 is 14.8 Å². The lowest BCUT2D eigenvalue weighted by Gasteiger charge is -2.15. The highest BCUT2D eigenvalue weighted by Crippen LogP contribution is 2.19. The number of anilines is 1. The maximum atomic E-state index is 13.5. The number of methoxy groups -OCH3 is 1. The van der Waals surface area contributed by atoms with Gasteiger partial charge in [0.1, 0.15) is 18.5 Å². The lowest BCUT2D eigenvalue weighted by atomic mass is 10.2. The van der Waals surface area contributed by atoms with E-state index >= 15 is 0 Å². The summed E-state index contributed by atoms with van der Waals surface area (Å²) in [5.74, 6) is -2.59. The first kappa shape index (κ1) is 17.9. The molecular formula is C13H13F4NO4. The number of ether oxygens (including phenoxy) is 2. The average molecular weight is 323 g/mol. The SMILES string of the molecule is COC(=O)c1ccc(F)c(NC(=O)[C@H](C)OCC(F)(F)F)c1. The van der Waals surface area contributed by atoms with Gasteiger partial charge in [0.2, 0.25) is 0 Å². The summed E-state index contributed by atoms with van der Waals surface area (Å²) < 4.78 is 58.3. The summed E-state index contributed by atoms with van der Waals surface area (Å²) in [7, 11) is 1.12. The Morgan fingerprint density at radius 3 is 2.50 bits per heavy atom. The molecule has 0 fully saturated rings. The Morgan fingerprint density at radius 2 is 1.95 bits per heavy atom. The second-order valence-electron chi connectivity index (χ2n) is 4.24. The number of nitrogens with one attached hydrogen (secondary N) is 1. The van der Waals surface area contributed by atoms with E-state index < -0.39 is 36.6 Å². The largest absolute Gasteiger partial charge is 0.465 e. The van der Waals surface area contributed by atoms with Gasteiger partial charge in [-0.1, -0.05) is 0 Å². The van der Waals surface area contributed by atoms with Crippen molar-refractivity contribution in [3.8, 4) is 0 Å². The molecule has 0 aromatic heterocycles. The molecule has 0 aliphatic rings. The molecule has 0 heterocycles. The van der Waals surface area contributed by atoms with E-state index in [1.165, 1.54) is 0 Å². The number of rotatable bonds is 5. The van der Waals surface area contributed by atoms with Gasteiger partial charge in [0, 0.05) is 0 Å². The van der Waals surface area contributed by atoms with Crippen LogP contribution in [0, 0.1) is 5.82 Å². The molecule has 0 unspecified atom stereocenters. The van der Waals surface area contributed by atoms with Crippen molar-refractivity contribution < 1.29 is 36.6 Å². The molecule has 0 bridgehead atoms. The third-order valence-corrected chi connectivity index (χ3v) is 2.51. The molecule has 5 nitrogen and oxygen atoms in total. The molecule has 1 rings (SSSR count). The first-order valence-corrected chi connectivity index (χ1v) is 6.01. The molecule has 0 aliphatic carbocycles. The number of carbonyl (C=O) groups excluding carboxylic acids is 2. The molecule has 9 heteroatoms. The van der Waals surface area contributed by atoms with E-state index in [-0.39, 0.29) is 11.3 Å². The average Bonchev–Trinajstić information content (AvgIpc) is 2.45. The summed E-state index contributed by atoms with van der Waals surface area (Å²) in [5, 5.41) is 2.05. The minimum atomic E-state index is -4.58. The molecule has 0 radical (unpaired) electrons. The summed E-state index contributed by atoms with van der Waals surface area (Å²) in [6.45, 7) is -0.518. The number of amides is 1. The minimum absolute atomic E-state index is 0.0249. The lowest BCUT2D eigenvalue weighted by Crippen LogP contribution is -2.31. The van der Waals surface area contributed by atoms with Crippen molar-refractivity contribution in [2.45, 2.75) is 19.2 Å². The van der Waals surface area contributed by atoms with Crippen molar-refractivity contribution in [2.75, 3.05) is 19.0 Å². The molecule has 1 N–H and O–H groups in total. The van der Waals surface area contributed by atoms with Crippen LogP contribution in [0.15, 0.2) is 18.2 Å². The zero-order valence-electron chi connectivity index (χ0n) is 11.7. The summed E-state index contributed by atoms with van der Waals surface area (Å²) in [6, 6.07) is 3.07. The first-order chi connectivity index (χ1) is 10.1. The third-order valence-electron chi connectivity index (χ3n) is 2.51. The van der Waals surface area contributed by atoms with Gasteiger partial charge >= 0.3 is 12.1 Å². The Kier molecular flexibility index (Phi) is 5.86. The topological polar surface area (TPSA) is 64.6 Å². The van der Waals surface area contributed by atoms with Crippen LogP contribution >= 0.6 is 0 Å². The van der Waals surface area contributed by atoms with Crippen LogP contribution in [0.4, 0.5) is 23.2 Å². The Balaban J connectivity index is 2.77. The molecule has 1 amide bonds. The van der Waals surface area contributed by atoms with Crippen molar-refractivity contribution in [3.05, 3.63) is 29.6 Å². The van der Waals surface area contributed by atoms with E-state index in [0.29, 0.717) is 0 Å². The number of hydrogen-bond donors (Lipinski definition) is 1. The maximum absolute atomic E-state index is 13.5. The molecule has 1 aromatic rings. The van der Waals surface area contributed by atoms with Crippen molar-refractivity contribution in [1.82, 2.24) is 0 Å². The molecule has 122 valence electrons. The van der Waals surface area contributed by atoms with Gasteiger partial charge in [0.25, 0.3) is 5.91 Å². The van der Waals surface area contributed by atoms with Crippen LogP contribution in [-0.4, -0.2) is 37.9 Å². The van der Waals surface area contributed by atoms with Crippen LogP contribution in [0.5, 0.6) is 0 Å². The lowest BCUT2D eigenvalue weighted by molar-refractivity contribution is -0.184. The minimum Gasteiger partial charge on any atom is -0.465 e. The normalized spacial score (nSPS) is 12.6. The predicted octanol–water partition coefficient (Wildman–Crippen LogP) is 2.52. The van der Waals surface area contributed by atoms with Crippen molar-refractivity contribution in [1.29, 1.82) is 0 Å². The van der Waals surface area contributed by atoms with Crippen LogP contribution in [-0.2, 0) is 14.3 Å². The van der Waals surface area contributed by atoms with Gasteiger partial charge in [-0.25, -0.2) is 9.18 Å². The third kappa shape index (κ3) is 5.32. The number of hydrogen-bond acceptors (Lipinski definition) is 4. The first-order valence-electron chi connectivity index (χ1n) is 6.01. The molecule has 1 aromatic carbocycles. The van der Waals surface area contributed by atoms with Crippen LogP contribution in [0.1, 0.15) is 17.3 Å². The highest BCUT2D eigenvalue weighted by Gasteiger charge is 2.30.